The van der Waals surface area contributed by atoms with E-state index in [2.05, 4.69) is 15.1 Å². The first kappa shape index (κ1) is 18.4. The number of ether oxygens (including phenoxy) is 2. The van der Waals surface area contributed by atoms with E-state index in [-0.39, 0.29) is 11.9 Å². The molecule has 1 unspecified atom stereocenters. The standard InChI is InChI=1S/C17H22F3N5O2/c1-11-8-14(25-16(21-11)22-15(23-25)17(18,19)20)24-5-2-13(3-6-24)27-10-12-4-7-26-9-12/h8,12-13H,2-7,9-10H2,1H3. The van der Waals surface area contributed by atoms with Crippen molar-refractivity contribution in [3.8, 4) is 0 Å². The molecule has 0 bridgehead atoms. The van der Waals surface area contributed by atoms with Crippen LogP contribution in [0.3, 0.4) is 0 Å². The molecule has 0 amide bonds. The lowest BCUT2D eigenvalue weighted by molar-refractivity contribution is -0.144. The molecule has 4 rings (SSSR count). The van der Waals surface area contributed by atoms with E-state index in [9.17, 15) is 13.2 Å². The second-order valence-corrected chi connectivity index (χ2v) is 7.15. The van der Waals surface area contributed by atoms with Crippen LogP contribution in [0.2, 0.25) is 0 Å². The van der Waals surface area contributed by atoms with Crippen LogP contribution >= 0.6 is 0 Å². The molecule has 4 heterocycles. The van der Waals surface area contributed by atoms with Gasteiger partial charge in [-0.05, 0) is 26.2 Å². The highest BCUT2D eigenvalue weighted by Crippen LogP contribution is 2.29. The van der Waals surface area contributed by atoms with Gasteiger partial charge in [0.2, 0.25) is 0 Å². The van der Waals surface area contributed by atoms with E-state index in [1.165, 1.54) is 4.52 Å². The van der Waals surface area contributed by atoms with Gasteiger partial charge in [0, 0.05) is 37.4 Å². The van der Waals surface area contributed by atoms with Crippen LogP contribution < -0.4 is 4.90 Å². The SMILES string of the molecule is Cc1cc(N2CCC(OCC3CCOC3)CC2)n2nc(C(F)(F)F)nc2n1. The Labute approximate surface area is 154 Å². The van der Waals surface area contributed by atoms with E-state index < -0.39 is 12.0 Å². The lowest BCUT2D eigenvalue weighted by Gasteiger charge is -2.33. The smallest absolute Gasteiger partial charge is 0.381 e. The zero-order valence-electron chi connectivity index (χ0n) is 15.1. The lowest BCUT2D eigenvalue weighted by Crippen LogP contribution is -2.38. The second-order valence-electron chi connectivity index (χ2n) is 7.15. The van der Waals surface area contributed by atoms with Crippen LogP contribution in [-0.4, -0.2) is 58.6 Å². The van der Waals surface area contributed by atoms with Gasteiger partial charge < -0.3 is 14.4 Å². The summed E-state index contributed by atoms with van der Waals surface area (Å²) in [6, 6.07) is 1.75. The molecule has 27 heavy (non-hydrogen) atoms. The van der Waals surface area contributed by atoms with Crippen molar-refractivity contribution >= 4 is 11.6 Å². The van der Waals surface area contributed by atoms with E-state index in [0.717, 1.165) is 32.5 Å². The molecule has 148 valence electrons. The van der Waals surface area contributed by atoms with E-state index in [1.807, 2.05) is 4.90 Å². The van der Waals surface area contributed by atoms with Crippen molar-refractivity contribution in [3.63, 3.8) is 0 Å². The van der Waals surface area contributed by atoms with Gasteiger partial charge in [-0.2, -0.15) is 22.7 Å². The highest BCUT2D eigenvalue weighted by atomic mass is 19.4. The Bertz CT molecular complexity index is 796. The summed E-state index contributed by atoms with van der Waals surface area (Å²) < 4.78 is 51.4. The molecule has 2 aromatic heterocycles. The number of piperidine rings is 1. The molecule has 1 atom stereocenters. The first-order chi connectivity index (χ1) is 12.9. The molecule has 0 saturated carbocycles. The maximum Gasteiger partial charge on any atom is 0.453 e. The first-order valence-corrected chi connectivity index (χ1v) is 9.16. The van der Waals surface area contributed by atoms with Crippen LogP contribution in [0, 0.1) is 12.8 Å². The number of aromatic nitrogens is 4. The lowest BCUT2D eigenvalue weighted by atomic mass is 10.1. The monoisotopic (exact) mass is 385 g/mol. The average molecular weight is 385 g/mol. The number of hydrogen-bond acceptors (Lipinski definition) is 6. The molecule has 2 aliphatic heterocycles. The molecule has 0 N–H and O–H groups in total. The zero-order valence-corrected chi connectivity index (χ0v) is 15.1. The Kier molecular flexibility index (Phi) is 4.94. The normalized spacial score (nSPS) is 22.1. The van der Waals surface area contributed by atoms with Crippen LogP contribution in [0.25, 0.3) is 5.78 Å². The molecule has 10 heteroatoms. The molecule has 0 aromatic carbocycles. The third kappa shape index (κ3) is 4.01. The highest BCUT2D eigenvalue weighted by Gasteiger charge is 2.37. The van der Waals surface area contributed by atoms with Crippen molar-refractivity contribution in [3.05, 3.63) is 17.6 Å². The summed E-state index contributed by atoms with van der Waals surface area (Å²) in [5.74, 6) is -0.139. The van der Waals surface area contributed by atoms with Gasteiger partial charge in [0.15, 0.2) is 0 Å². The van der Waals surface area contributed by atoms with E-state index in [0.29, 0.717) is 37.1 Å². The minimum absolute atomic E-state index is 0.0306. The summed E-state index contributed by atoms with van der Waals surface area (Å²) in [6.07, 6.45) is -1.75. The maximum atomic E-state index is 13.0. The van der Waals surface area contributed by atoms with Crippen molar-refractivity contribution in [2.24, 2.45) is 5.92 Å². The Balaban J connectivity index is 1.45. The number of rotatable bonds is 4. The van der Waals surface area contributed by atoms with Crippen molar-refractivity contribution in [1.82, 2.24) is 19.6 Å². The average Bonchev–Trinajstić information content (AvgIpc) is 3.28. The zero-order chi connectivity index (χ0) is 19.0. The van der Waals surface area contributed by atoms with Gasteiger partial charge in [-0.25, -0.2) is 4.98 Å². The molecule has 7 nitrogen and oxygen atoms in total. The first-order valence-electron chi connectivity index (χ1n) is 9.16. The quantitative estimate of drug-likeness (QED) is 0.806. The summed E-state index contributed by atoms with van der Waals surface area (Å²) in [7, 11) is 0. The fraction of sp³-hybridized carbons (Fsp3) is 0.706. The minimum Gasteiger partial charge on any atom is -0.381 e. The molecule has 0 aliphatic carbocycles. The number of anilines is 1. The minimum atomic E-state index is -4.59. The molecule has 2 aliphatic rings. The van der Waals surface area contributed by atoms with E-state index in [1.54, 1.807) is 13.0 Å². The highest BCUT2D eigenvalue weighted by molar-refractivity contribution is 5.48. The van der Waals surface area contributed by atoms with Crippen LogP contribution in [0.5, 0.6) is 0 Å². The number of nitrogens with zero attached hydrogens (tertiary/aromatic N) is 5. The van der Waals surface area contributed by atoms with Crippen LogP contribution in [0.15, 0.2) is 6.07 Å². The third-order valence-corrected chi connectivity index (χ3v) is 5.03. The molecular weight excluding hydrogens is 363 g/mol. The van der Waals surface area contributed by atoms with Gasteiger partial charge in [0.05, 0.1) is 19.3 Å². The van der Waals surface area contributed by atoms with Crippen molar-refractivity contribution < 1.29 is 22.6 Å². The largest absolute Gasteiger partial charge is 0.453 e. The Hall–Kier alpha value is -1.94. The fourth-order valence-corrected chi connectivity index (χ4v) is 3.55. The van der Waals surface area contributed by atoms with Crippen molar-refractivity contribution in [2.45, 2.75) is 38.5 Å². The molecule has 0 spiro atoms. The molecule has 2 aromatic rings. The number of hydrogen-bond donors (Lipinski definition) is 0. The third-order valence-electron chi connectivity index (χ3n) is 5.03. The summed E-state index contributed by atoms with van der Waals surface area (Å²) in [5, 5.41) is 3.64. The number of fused-ring (bicyclic) bond motifs is 1. The van der Waals surface area contributed by atoms with Crippen LogP contribution in [0.4, 0.5) is 19.0 Å². The summed E-state index contributed by atoms with van der Waals surface area (Å²) in [4.78, 5) is 9.64. The summed E-state index contributed by atoms with van der Waals surface area (Å²) in [5.41, 5.74) is 0.609. The van der Waals surface area contributed by atoms with Crippen molar-refractivity contribution in [1.29, 1.82) is 0 Å². The van der Waals surface area contributed by atoms with Crippen LogP contribution in [-0.2, 0) is 15.7 Å². The van der Waals surface area contributed by atoms with Gasteiger partial charge in [0.25, 0.3) is 11.6 Å². The summed E-state index contributed by atoms with van der Waals surface area (Å²) >= 11 is 0. The van der Waals surface area contributed by atoms with Gasteiger partial charge in [-0.1, -0.05) is 0 Å². The fourth-order valence-electron chi connectivity index (χ4n) is 3.55. The topological polar surface area (TPSA) is 64.8 Å². The van der Waals surface area contributed by atoms with Gasteiger partial charge in [-0.15, -0.1) is 5.10 Å². The second kappa shape index (κ2) is 7.23. The van der Waals surface area contributed by atoms with Gasteiger partial charge in [-0.3, -0.25) is 0 Å². The van der Waals surface area contributed by atoms with Gasteiger partial charge in [0.1, 0.15) is 5.82 Å². The molecule has 2 fully saturated rings. The Morgan fingerprint density at radius 3 is 2.67 bits per heavy atom. The number of aryl methyl sites for hydroxylation is 1. The summed E-state index contributed by atoms with van der Waals surface area (Å²) in [6.45, 7) is 5.39. The van der Waals surface area contributed by atoms with E-state index in [4.69, 9.17) is 9.47 Å². The molecule has 0 radical (unpaired) electrons. The Morgan fingerprint density at radius 1 is 1.22 bits per heavy atom. The molecular formula is C17H22F3N5O2. The van der Waals surface area contributed by atoms with Crippen molar-refractivity contribution in [2.75, 3.05) is 37.8 Å². The predicted molar refractivity (Wildman–Crippen MR) is 90.6 cm³/mol. The van der Waals surface area contributed by atoms with Gasteiger partial charge >= 0.3 is 6.18 Å². The van der Waals surface area contributed by atoms with Crippen LogP contribution in [0.1, 0.15) is 30.8 Å². The van der Waals surface area contributed by atoms with E-state index >= 15 is 0 Å². The predicted octanol–water partition coefficient (Wildman–Crippen LogP) is 2.47. The number of alkyl halides is 3. The molecule has 2 saturated heterocycles. The Morgan fingerprint density at radius 2 is 2.00 bits per heavy atom. The maximum absolute atomic E-state index is 13.0. The number of halogens is 3.